The molecule has 2 amide bonds. The number of piperidine rings is 1. The molecule has 0 aromatic rings. The number of carbonyl (C=O) groups excluding carboxylic acids is 2. The molecule has 2 bridgehead atoms. The molecule has 0 saturated carbocycles. The van der Waals surface area contributed by atoms with Crippen molar-refractivity contribution in [3.05, 3.63) is 6.42 Å². The highest BCUT2D eigenvalue weighted by Crippen LogP contribution is 2.43. The fourth-order valence-electron chi connectivity index (χ4n) is 4.02. The molecule has 0 spiro atoms. The molecular formula is C17H30N3O5. The Balaban J connectivity index is 2.01. The summed E-state index contributed by atoms with van der Waals surface area (Å²) in [5.41, 5.74) is 4.99. The molecule has 2 aliphatic rings. The number of rotatable bonds is 9. The highest BCUT2D eigenvalue weighted by molar-refractivity contribution is 5.85. The molecule has 0 aromatic carbocycles. The minimum absolute atomic E-state index is 0.153. The van der Waals surface area contributed by atoms with E-state index < -0.39 is 17.9 Å². The fraction of sp³-hybridized carbons (Fsp3) is 0.824. The molecule has 3 atom stereocenters. The van der Waals surface area contributed by atoms with Crippen LogP contribution >= 0.6 is 0 Å². The molecule has 1 unspecified atom stereocenters. The lowest BCUT2D eigenvalue weighted by atomic mass is 9.87. The number of hydrogen-bond donors (Lipinski definition) is 2. The second kappa shape index (κ2) is 8.44. The Kier molecular flexibility index (Phi) is 6.79. The highest BCUT2D eigenvalue weighted by Gasteiger charge is 2.52. The average molecular weight is 356 g/mol. The summed E-state index contributed by atoms with van der Waals surface area (Å²) >= 11 is 0. The first kappa shape index (κ1) is 20.1. The van der Waals surface area contributed by atoms with Crippen LogP contribution in [0.5, 0.6) is 0 Å². The third-order valence-electron chi connectivity index (χ3n) is 5.44. The first-order chi connectivity index (χ1) is 11.8. The zero-order valence-electron chi connectivity index (χ0n) is 15.3. The van der Waals surface area contributed by atoms with Gasteiger partial charge in [0.2, 0.25) is 11.8 Å². The second-order valence-corrected chi connectivity index (χ2v) is 6.95. The van der Waals surface area contributed by atoms with Crippen LogP contribution in [-0.2, 0) is 19.1 Å². The van der Waals surface area contributed by atoms with Gasteiger partial charge in [0.1, 0.15) is 5.54 Å². The number of amides is 2. The quantitative estimate of drug-likeness (QED) is 0.540. The van der Waals surface area contributed by atoms with Gasteiger partial charge in [-0.3, -0.25) is 14.5 Å². The third-order valence-corrected chi connectivity index (χ3v) is 5.44. The number of aliphatic hydroxyl groups is 1. The Morgan fingerprint density at radius 2 is 2.08 bits per heavy atom. The van der Waals surface area contributed by atoms with Crippen molar-refractivity contribution in [2.75, 3.05) is 33.9 Å². The zero-order chi connectivity index (χ0) is 18.6. The number of fused-ring (bicyclic) bond motifs is 2. The van der Waals surface area contributed by atoms with Crippen LogP contribution in [0, 0.1) is 6.42 Å². The SMILES string of the molecule is COC(CN(CC(O)CN1[C@@H]2C[CH]C[C@@]1(C(N)=O)CC2)C(C)=O)OC. The maximum absolute atomic E-state index is 12.1. The molecule has 1 radical (unpaired) electrons. The normalized spacial score (nSPS) is 27.5. The number of ether oxygens (including phenoxy) is 2. The number of hydrogen-bond acceptors (Lipinski definition) is 6. The molecule has 2 fully saturated rings. The van der Waals surface area contributed by atoms with Crippen LogP contribution in [0.3, 0.4) is 0 Å². The molecule has 2 heterocycles. The molecule has 2 rings (SSSR count). The van der Waals surface area contributed by atoms with Crippen molar-refractivity contribution < 1.29 is 24.2 Å². The average Bonchev–Trinajstić information content (AvgIpc) is 2.77. The van der Waals surface area contributed by atoms with Crippen LogP contribution < -0.4 is 5.73 Å². The first-order valence-corrected chi connectivity index (χ1v) is 8.71. The van der Waals surface area contributed by atoms with Crippen molar-refractivity contribution in [1.82, 2.24) is 9.80 Å². The van der Waals surface area contributed by atoms with Gasteiger partial charge in [0.15, 0.2) is 6.29 Å². The van der Waals surface area contributed by atoms with Crippen LogP contribution in [0.15, 0.2) is 0 Å². The van der Waals surface area contributed by atoms with E-state index in [1.165, 1.54) is 26.0 Å². The van der Waals surface area contributed by atoms with E-state index in [2.05, 4.69) is 6.42 Å². The van der Waals surface area contributed by atoms with E-state index in [9.17, 15) is 14.7 Å². The van der Waals surface area contributed by atoms with Gasteiger partial charge in [0.05, 0.1) is 12.6 Å². The van der Waals surface area contributed by atoms with Gasteiger partial charge in [-0.1, -0.05) is 0 Å². The number of primary amides is 1. The zero-order valence-corrected chi connectivity index (χ0v) is 15.3. The minimum Gasteiger partial charge on any atom is -0.390 e. The van der Waals surface area contributed by atoms with Gasteiger partial charge in [-0.2, -0.15) is 0 Å². The number of carbonyl (C=O) groups is 2. The topological polar surface area (TPSA) is 105 Å². The van der Waals surface area contributed by atoms with E-state index in [1.807, 2.05) is 4.90 Å². The Labute approximate surface area is 149 Å². The van der Waals surface area contributed by atoms with E-state index in [-0.39, 0.29) is 30.9 Å². The molecule has 25 heavy (non-hydrogen) atoms. The van der Waals surface area contributed by atoms with E-state index in [0.29, 0.717) is 13.0 Å². The summed E-state index contributed by atoms with van der Waals surface area (Å²) in [4.78, 5) is 27.5. The Bertz CT molecular complexity index is 481. The summed E-state index contributed by atoms with van der Waals surface area (Å²) in [6.45, 7) is 2.15. The summed E-state index contributed by atoms with van der Waals surface area (Å²) in [6.07, 6.45) is 3.93. The first-order valence-electron chi connectivity index (χ1n) is 8.71. The number of nitrogens with zero attached hydrogens (tertiary/aromatic N) is 2. The minimum atomic E-state index is -0.782. The second-order valence-electron chi connectivity index (χ2n) is 6.95. The van der Waals surface area contributed by atoms with Crippen LogP contribution in [0.25, 0.3) is 0 Å². The summed E-state index contributed by atoms with van der Waals surface area (Å²) < 4.78 is 10.3. The highest BCUT2D eigenvalue weighted by atomic mass is 16.7. The van der Waals surface area contributed by atoms with Crippen LogP contribution in [-0.4, -0.2) is 84.5 Å². The number of aliphatic hydroxyl groups excluding tert-OH is 1. The van der Waals surface area contributed by atoms with Crippen molar-refractivity contribution in [3.63, 3.8) is 0 Å². The molecule has 2 aliphatic heterocycles. The lowest BCUT2D eigenvalue weighted by Gasteiger charge is -2.43. The van der Waals surface area contributed by atoms with Crippen molar-refractivity contribution >= 4 is 11.8 Å². The van der Waals surface area contributed by atoms with Crippen molar-refractivity contribution in [2.45, 2.75) is 56.6 Å². The monoisotopic (exact) mass is 356 g/mol. The van der Waals surface area contributed by atoms with Gasteiger partial charge in [-0.25, -0.2) is 0 Å². The molecule has 2 saturated heterocycles. The maximum Gasteiger partial charge on any atom is 0.237 e. The standard InChI is InChI=1S/C17H30N3O5/c1-12(21)19(11-15(24-2)25-3)9-14(22)10-20-13-5-4-7-17(20,8-6-13)16(18)23/h4,13-15,22H,5-11H2,1-3H3,(H2,18,23)/t13-,14?,17+/m1/s1. The van der Waals surface area contributed by atoms with Crippen molar-refractivity contribution in [1.29, 1.82) is 0 Å². The molecule has 8 nitrogen and oxygen atoms in total. The predicted octanol–water partition coefficient (Wildman–Crippen LogP) is -0.499. The lowest BCUT2D eigenvalue weighted by Crippen LogP contribution is -2.60. The maximum atomic E-state index is 12.1. The third kappa shape index (κ3) is 4.31. The number of nitrogens with two attached hydrogens (primary N) is 1. The molecule has 0 aliphatic carbocycles. The molecule has 0 aromatic heterocycles. The summed E-state index contributed by atoms with van der Waals surface area (Å²) in [6, 6.07) is 0.229. The largest absolute Gasteiger partial charge is 0.390 e. The van der Waals surface area contributed by atoms with Gasteiger partial charge in [-0.15, -0.1) is 0 Å². The Morgan fingerprint density at radius 3 is 2.64 bits per heavy atom. The smallest absolute Gasteiger partial charge is 0.237 e. The van der Waals surface area contributed by atoms with Gasteiger partial charge in [-0.05, 0) is 32.1 Å². The predicted molar refractivity (Wildman–Crippen MR) is 91.3 cm³/mol. The lowest BCUT2D eigenvalue weighted by molar-refractivity contribution is -0.147. The van der Waals surface area contributed by atoms with Crippen LogP contribution in [0.4, 0.5) is 0 Å². The number of methoxy groups -OCH3 is 2. The Morgan fingerprint density at radius 1 is 1.40 bits per heavy atom. The molecule has 143 valence electrons. The Hall–Kier alpha value is -1.22. The molecule has 3 N–H and O–H groups in total. The van der Waals surface area contributed by atoms with E-state index in [4.69, 9.17) is 15.2 Å². The summed E-state index contributed by atoms with van der Waals surface area (Å²) in [7, 11) is 3.00. The molecule has 8 heteroatoms. The van der Waals surface area contributed by atoms with Crippen molar-refractivity contribution in [2.24, 2.45) is 5.73 Å². The van der Waals surface area contributed by atoms with Gasteiger partial charge in [0, 0.05) is 40.3 Å². The molecular weight excluding hydrogens is 326 g/mol. The van der Waals surface area contributed by atoms with Gasteiger partial charge < -0.3 is 25.2 Å². The van der Waals surface area contributed by atoms with Gasteiger partial charge in [0.25, 0.3) is 0 Å². The van der Waals surface area contributed by atoms with E-state index in [0.717, 1.165) is 19.3 Å². The van der Waals surface area contributed by atoms with E-state index >= 15 is 0 Å². The van der Waals surface area contributed by atoms with Crippen molar-refractivity contribution in [3.8, 4) is 0 Å². The van der Waals surface area contributed by atoms with Gasteiger partial charge >= 0.3 is 0 Å². The van der Waals surface area contributed by atoms with Crippen LogP contribution in [0.1, 0.15) is 32.6 Å². The summed E-state index contributed by atoms with van der Waals surface area (Å²) in [5.74, 6) is -0.502. The van der Waals surface area contributed by atoms with Crippen LogP contribution in [0.2, 0.25) is 0 Å². The fourth-order valence-corrected chi connectivity index (χ4v) is 4.02. The van der Waals surface area contributed by atoms with E-state index in [1.54, 1.807) is 0 Å². The summed E-state index contributed by atoms with van der Waals surface area (Å²) in [5, 5.41) is 10.6. The number of β-amino-alcohol motifs (C(OH)–C–C–N with tert-alkyl or cyclic N) is 1.